The molecule has 0 heterocycles. The van der Waals surface area contributed by atoms with Crippen molar-refractivity contribution in [1.82, 2.24) is 0 Å². The molecule has 0 fully saturated rings. The molecular weight excluding hydrogens is 416 g/mol. The first-order valence-corrected chi connectivity index (χ1v) is 10.1. The van der Waals surface area contributed by atoms with Gasteiger partial charge in [0.2, 0.25) is 5.75 Å². The van der Waals surface area contributed by atoms with Crippen LogP contribution in [0.15, 0.2) is 65.6 Å². The molecule has 0 aliphatic heterocycles. The second-order valence-electron chi connectivity index (χ2n) is 6.38. The van der Waals surface area contributed by atoms with Crippen molar-refractivity contribution in [3.63, 3.8) is 0 Å². The van der Waals surface area contributed by atoms with E-state index in [1.165, 1.54) is 24.1 Å². The molecule has 0 aliphatic carbocycles. The van der Waals surface area contributed by atoms with Crippen molar-refractivity contribution in [3.05, 3.63) is 81.9 Å². The molecule has 0 saturated carbocycles. The summed E-state index contributed by atoms with van der Waals surface area (Å²) in [7, 11) is 4.73. The lowest BCUT2D eigenvalue weighted by atomic mass is 10.1. The topological polar surface area (TPSA) is 82.9 Å². The van der Waals surface area contributed by atoms with Crippen molar-refractivity contribution in [2.45, 2.75) is 4.90 Å². The van der Waals surface area contributed by atoms with E-state index >= 15 is 0 Å². The zero-order valence-electron chi connectivity index (χ0n) is 17.3. The maximum absolute atomic E-state index is 10.9. The van der Waals surface area contributed by atoms with Gasteiger partial charge in [0.15, 0.2) is 11.5 Å². The second-order valence-corrected chi connectivity index (χ2v) is 7.26. The lowest BCUT2D eigenvalue weighted by Gasteiger charge is -2.12. The van der Waals surface area contributed by atoms with Crippen LogP contribution in [0.4, 0.5) is 11.4 Å². The largest absolute Gasteiger partial charge is 0.493 e. The van der Waals surface area contributed by atoms with Crippen LogP contribution in [-0.2, 0) is 0 Å². The molecule has 0 radical (unpaired) electrons. The number of hydrogen-bond acceptors (Lipinski definition) is 7. The predicted molar refractivity (Wildman–Crippen MR) is 124 cm³/mol. The summed E-state index contributed by atoms with van der Waals surface area (Å²) in [6.45, 7) is 0. The second kappa shape index (κ2) is 10.4. The molecule has 0 aliphatic rings. The zero-order chi connectivity index (χ0) is 22.2. The average Bonchev–Trinajstić information content (AvgIpc) is 2.81. The number of benzene rings is 3. The van der Waals surface area contributed by atoms with Gasteiger partial charge < -0.3 is 18.9 Å². The number of non-ortho nitro benzene ring substituents is 1. The molecule has 0 spiro atoms. The molecule has 8 heteroatoms. The summed E-state index contributed by atoms with van der Waals surface area (Å²) in [4.78, 5) is 11.3. The van der Waals surface area contributed by atoms with Crippen LogP contribution in [-0.4, -0.2) is 26.3 Å². The van der Waals surface area contributed by atoms with Crippen LogP contribution in [0.1, 0.15) is 11.1 Å². The number of anilines is 1. The van der Waals surface area contributed by atoms with Crippen molar-refractivity contribution >= 4 is 35.5 Å². The van der Waals surface area contributed by atoms with E-state index in [0.29, 0.717) is 17.2 Å². The molecule has 3 rings (SSSR count). The monoisotopic (exact) mass is 438 g/mol. The van der Waals surface area contributed by atoms with Crippen LogP contribution >= 0.6 is 11.9 Å². The van der Waals surface area contributed by atoms with Crippen LogP contribution in [0.3, 0.4) is 0 Å². The van der Waals surface area contributed by atoms with Crippen LogP contribution in [0, 0.1) is 10.1 Å². The molecule has 0 amide bonds. The smallest absolute Gasteiger partial charge is 0.270 e. The van der Waals surface area contributed by atoms with Crippen LogP contribution in [0.5, 0.6) is 17.2 Å². The molecule has 0 bridgehead atoms. The maximum atomic E-state index is 10.9. The minimum Gasteiger partial charge on any atom is -0.493 e. The van der Waals surface area contributed by atoms with Gasteiger partial charge in [0, 0.05) is 22.7 Å². The summed E-state index contributed by atoms with van der Waals surface area (Å²) in [6, 6.07) is 18.1. The van der Waals surface area contributed by atoms with E-state index in [1.807, 2.05) is 54.6 Å². The molecule has 7 nitrogen and oxygen atoms in total. The summed E-state index contributed by atoms with van der Waals surface area (Å²) < 4.78 is 19.4. The van der Waals surface area contributed by atoms with Gasteiger partial charge in [0.05, 0.1) is 26.3 Å². The van der Waals surface area contributed by atoms with Crippen LogP contribution < -0.4 is 18.9 Å². The summed E-state index contributed by atoms with van der Waals surface area (Å²) in [5.74, 6) is 1.72. The minimum absolute atomic E-state index is 0.0637. The number of nitrogens with one attached hydrogen (secondary N) is 1. The lowest BCUT2D eigenvalue weighted by molar-refractivity contribution is -0.385. The molecule has 160 valence electrons. The lowest BCUT2D eigenvalue weighted by Crippen LogP contribution is -1.95. The highest BCUT2D eigenvalue weighted by atomic mass is 32.2. The van der Waals surface area contributed by atoms with Crippen molar-refractivity contribution in [3.8, 4) is 17.2 Å². The van der Waals surface area contributed by atoms with Gasteiger partial charge in [-0.1, -0.05) is 30.4 Å². The summed E-state index contributed by atoms with van der Waals surface area (Å²) in [6.07, 6.45) is 3.93. The minimum atomic E-state index is -0.404. The fourth-order valence-electron chi connectivity index (χ4n) is 2.87. The molecule has 0 unspecified atom stereocenters. The van der Waals surface area contributed by atoms with Crippen LogP contribution in [0.25, 0.3) is 12.2 Å². The first kappa shape index (κ1) is 22.0. The maximum Gasteiger partial charge on any atom is 0.270 e. The Morgan fingerprint density at radius 1 is 0.871 bits per heavy atom. The van der Waals surface area contributed by atoms with Gasteiger partial charge in [0.25, 0.3) is 5.69 Å². The van der Waals surface area contributed by atoms with Crippen molar-refractivity contribution in [2.75, 3.05) is 26.1 Å². The van der Waals surface area contributed by atoms with Crippen LogP contribution in [0.2, 0.25) is 0 Å². The van der Waals surface area contributed by atoms with Gasteiger partial charge in [-0.25, -0.2) is 0 Å². The zero-order valence-corrected chi connectivity index (χ0v) is 18.1. The quantitative estimate of drug-likeness (QED) is 0.192. The van der Waals surface area contributed by atoms with E-state index in [2.05, 4.69) is 4.72 Å². The average molecular weight is 439 g/mol. The summed E-state index contributed by atoms with van der Waals surface area (Å²) in [5.41, 5.74) is 2.83. The van der Waals surface area contributed by atoms with E-state index in [1.54, 1.807) is 27.4 Å². The Kier molecular flexibility index (Phi) is 7.40. The molecule has 0 atom stereocenters. The number of rotatable bonds is 9. The van der Waals surface area contributed by atoms with E-state index < -0.39 is 4.92 Å². The molecular formula is C23H22N2O5S. The third kappa shape index (κ3) is 5.70. The van der Waals surface area contributed by atoms with E-state index in [-0.39, 0.29) is 5.69 Å². The SMILES string of the molecule is COc1cc(/C=C\c2cccc(NSc3cccc([N+](=O)[O-])c3)c2)cc(OC)c1OC. The highest BCUT2D eigenvalue weighted by Crippen LogP contribution is 2.38. The highest BCUT2D eigenvalue weighted by molar-refractivity contribution is 8.00. The molecule has 31 heavy (non-hydrogen) atoms. The van der Waals surface area contributed by atoms with Crippen molar-refractivity contribution < 1.29 is 19.1 Å². The van der Waals surface area contributed by atoms with Gasteiger partial charge in [0.1, 0.15) is 0 Å². The third-order valence-electron chi connectivity index (χ3n) is 4.36. The number of methoxy groups -OCH3 is 3. The Bertz CT molecular complexity index is 1080. The first-order valence-electron chi connectivity index (χ1n) is 9.29. The number of nitrogens with zero attached hydrogens (tertiary/aromatic N) is 1. The Hall–Kier alpha value is -3.65. The third-order valence-corrected chi connectivity index (χ3v) is 5.18. The van der Waals surface area contributed by atoms with E-state index in [0.717, 1.165) is 21.7 Å². The van der Waals surface area contributed by atoms with Gasteiger partial charge in [-0.3, -0.25) is 10.1 Å². The number of nitro groups is 1. The predicted octanol–water partition coefficient (Wildman–Crippen LogP) is 5.91. The normalized spacial score (nSPS) is 10.7. The van der Waals surface area contributed by atoms with Gasteiger partial charge in [-0.05, 0) is 53.4 Å². The fraction of sp³-hybridized carbons (Fsp3) is 0.130. The first-order chi connectivity index (χ1) is 15.0. The highest BCUT2D eigenvalue weighted by Gasteiger charge is 2.12. The Balaban J connectivity index is 1.74. The van der Waals surface area contributed by atoms with E-state index in [4.69, 9.17) is 14.2 Å². The number of nitro benzene ring substituents is 1. The Labute approximate surface area is 184 Å². The van der Waals surface area contributed by atoms with E-state index in [9.17, 15) is 10.1 Å². The Morgan fingerprint density at radius 2 is 1.55 bits per heavy atom. The molecule has 3 aromatic rings. The van der Waals surface area contributed by atoms with Crippen molar-refractivity contribution in [1.29, 1.82) is 0 Å². The summed E-state index contributed by atoms with van der Waals surface area (Å²) in [5, 5.41) is 10.9. The number of hydrogen-bond donors (Lipinski definition) is 1. The fourth-order valence-corrected chi connectivity index (χ4v) is 3.56. The molecule has 3 aromatic carbocycles. The standard InChI is InChI=1S/C23H22N2O5S/c1-28-21-13-17(14-22(29-2)23(21)30-3)11-10-16-6-4-7-18(12-16)24-31-20-9-5-8-19(15-20)25(26)27/h4-15,24H,1-3H3/b11-10-. The van der Waals surface area contributed by atoms with Gasteiger partial charge in [-0.2, -0.15) is 0 Å². The number of ether oxygens (including phenoxy) is 3. The van der Waals surface area contributed by atoms with Gasteiger partial charge in [-0.15, -0.1) is 0 Å². The molecule has 0 saturated heterocycles. The molecule has 0 aromatic heterocycles. The Morgan fingerprint density at radius 3 is 2.19 bits per heavy atom. The van der Waals surface area contributed by atoms with Crippen molar-refractivity contribution in [2.24, 2.45) is 0 Å². The summed E-state index contributed by atoms with van der Waals surface area (Å²) >= 11 is 1.32. The molecule has 1 N–H and O–H groups in total. The van der Waals surface area contributed by atoms with Gasteiger partial charge >= 0.3 is 0 Å².